The Hall–Kier alpha value is -1.64. The molecule has 0 aromatic heterocycles. The molecule has 24 heavy (non-hydrogen) atoms. The number of methoxy groups -OCH3 is 1. The van der Waals surface area contributed by atoms with Crippen LogP contribution in [0.15, 0.2) is 18.2 Å². The average molecular weight is 356 g/mol. The van der Waals surface area contributed by atoms with E-state index in [1.54, 1.807) is 12.1 Å². The Morgan fingerprint density at radius 1 is 1.33 bits per heavy atom. The lowest BCUT2D eigenvalue weighted by Crippen LogP contribution is -2.37. The van der Waals surface area contributed by atoms with Crippen molar-refractivity contribution in [2.75, 3.05) is 57.6 Å². The van der Waals surface area contributed by atoms with Crippen molar-refractivity contribution in [1.82, 2.24) is 4.90 Å². The predicted octanol–water partition coefficient (Wildman–Crippen LogP) is 0.744. The Morgan fingerprint density at radius 3 is 2.58 bits per heavy atom. The minimum absolute atomic E-state index is 0.255. The van der Waals surface area contributed by atoms with E-state index in [0.717, 1.165) is 55.4 Å². The van der Waals surface area contributed by atoms with Crippen LogP contribution in [0.25, 0.3) is 0 Å². The van der Waals surface area contributed by atoms with E-state index in [1.165, 1.54) is 14.2 Å². The van der Waals surface area contributed by atoms with E-state index in [-0.39, 0.29) is 5.56 Å². The largest absolute Gasteiger partial charge is 0.465 e. The highest BCUT2D eigenvalue weighted by Crippen LogP contribution is 2.24. The number of ether oxygens (including phenoxy) is 2. The van der Waals surface area contributed by atoms with Crippen molar-refractivity contribution in [3.8, 4) is 0 Å². The van der Waals surface area contributed by atoms with Gasteiger partial charge in [0, 0.05) is 26.7 Å². The molecule has 0 N–H and O–H groups in total. The van der Waals surface area contributed by atoms with Crippen LogP contribution >= 0.6 is 0 Å². The van der Waals surface area contributed by atoms with Crippen molar-refractivity contribution in [1.29, 1.82) is 0 Å². The molecule has 1 aliphatic heterocycles. The van der Waals surface area contributed by atoms with E-state index in [4.69, 9.17) is 9.47 Å². The van der Waals surface area contributed by atoms with Crippen LogP contribution < -0.4 is 4.31 Å². The summed E-state index contributed by atoms with van der Waals surface area (Å²) in [6.45, 7) is 4.15. The number of morpholine rings is 1. The maximum atomic E-state index is 12.1. The zero-order valence-electron chi connectivity index (χ0n) is 14.3. The molecule has 2 rings (SSSR count). The highest BCUT2D eigenvalue weighted by atomic mass is 32.2. The Bertz CT molecular complexity index is 684. The van der Waals surface area contributed by atoms with Crippen molar-refractivity contribution in [2.45, 2.75) is 6.42 Å². The maximum Gasteiger partial charge on any atom is 0.340 e. The molecule has 8 heteroatoms. The van der Waals surface area contributed by atoms with Gasteiger partial charge in [0.15, 0.2) is 0 Å². The molecule has 1 aliphatic rings. The number of esters is 1. The summed E-state index contributed by atoms with van der Waals surface area (Å²) < 4.78 is 34.8. The molecule has 134 valence electrons. The second kappa shape index (κ2) is 7.96. The minimum Gasteiger partial charge on any atom is -0.465 e. The number of carbonyl (C=O) groups excluding carboxylic acids is 1. The fraction of sp³-hybridized carbons (Fsp3) is 0.562. The molecule has 0 atom stereocenters. The molecule has 7 nitrogen and oxygen atoms in total. The zero-order valence-corrected chi connectivity index (χ0v) is 15.1. The summed E-state index contributed by atoms with van der Waals surface area (Å²) in [7, 11) is -0.753. The van der Waals surface area contributed by atoms with Gasteiger partial charge in [0.05, 0.1) is 37.8 Å². The van der Waals surface area contributed by atoms with E-state index >= 15 is 0 Å². The summed E-state index contributed by atoms with van der Waals surface area (Å²) in [6.07, 6.45) is 1.87. The third-order valence-electron chi connectivity index (χ3n) is 4.12. The summed E-state index contributed by atoms with van der Waals surface area (Å²) in [5.41, 5.74) is 1.54. The van der Waals surface area contributed by atoms with Gasteiger partial charge >= 0.3 is 5.97 Å². The number of carbonyl (C=O) groups is 1. The van der Waals surface area contributed by atoms with E-state index in [9.17, 15) is 13.2 Å². The molecule has 1 aromatic rings. The van der Waals surface area contributed by atoms with Gasteiger partial charge in [0.25, 0.3) is 0 Å². The Kier molecular flexibility index (Phi) is 6.20. The first-order chi connectivity index (χ1) is 11.3. The molecule has 0 aliphatic carbocycles. The van der Waals surface area contributed by atoms with Crippen LogP contribution in [0.5, 0.6) is 0 Å². The van der Waals surface area contributed by atoms with Crippen molar-refractivity contribution in [2.24, 2.45) is 0 Å². The quantitative estimate of drug-likeness (QED) is 0.700. The number of benzene rings is 1. The summed E-state index contributed by atoms with van der Waals surface area (Å²) in [6, 6.07) is 5.22. The fourth-order valence-corrected chi connectivity index (χ4v) is 3.09. The third kappa shape index (κ3) is 4.68. The van der Waals surface area contributed by atoms with E-state index < -0.39 is 16.0 Å². The number of hydrogen-bond donors (Lipinski definition) is 0. The lowest BCUT2D eigenvalue weighted by atomic mass is 10.1. The van der Waals surface area contributed by atoms with Gasteiger partial charge in [-0.15, -0.1) is 0 Å². The number of anilines is 1. The van der Waals surface area contributed by atoms with Gasteiger partial charge in [0.2, 0.25) is 10.0 Å². The first kappa shape index (κ1) is 18.7. The first-order valence-electron chi connectivity index (χ1n) is 7.78. The average Bonchev–Trinajstić information content (AvgIpc) is 2.58. The van der Waals surface area contributed by atoms with Gasteiger partial charge in [-0.1, -0.05) is 6.07 Å². The minimum atomic E-state index is -3.46. The van der Waals surface area contributed by atoms with Crippen LogP contribution in [0.3, 0.4) is 0 Å². The Balaban J connectivity index is 2.20. The van der Waals surface area contributed by atoms with Crippen molar-refractivity contribution >= 4 is 21.7 Å². The maximum absolute atomic E-state index is 12.1. The molecule has 1 fully saturated rings. The molecule has 0 bridgehead atoms. The number of hydrogen-bond acceptors (Lipinski definition) is 6. The molecule has 0 amide bonds. The lowest BCUT2D eigenvalue weighted by molar-refractivity contribution is 0.0384. The molecule has 1 aromatic carbocycles. The molecule has 0 spiro atoms. The number of rotatable bonds is 6. The molecule has 0 unspecified atom stereocenters. The molecule has 1 saturated heterocycles. The zero-order chi connectivity index (χ0) is 17.7. The van der Waals surface area contributed by atoms with Gasteiger partial charge in [-0.05, 0) is 24.1 Å². The van der Waals surface area contributed by atoms with Crippen molar-refractivity contribution < 1.29 is 22.7 Å². The topological polar surface area (TPSA) is 76.2 Å². The summed E-state index contributed by atoms with van der Waals surface area (Å²) in [4.78, 5) is 14.4. The lowest BCUT2D eigenvalue weighted by Gasteiger charge is -2.26. The normalized spacial score (nSPS) is 16.0. The monoisotopic (exact) mass is 356 g/mol. The van der Waals surface area contributed by atoms with Crippen molar-refractivity contribution in [3.05, 3.63) is 29.3 Å². The SMILES string of the molecule is COC(=O)c1cc(CCN2CCOCC2)ccc1N(C)S(C)(=O)=O. The van der Waals surface area contributed by atoms with Crippen LogP contribution in [0, 0.1) is 0 Å². The third-order valence-corrected chi connectivity index (χ3v) is 5.32. The van der Waals surface area contributed by atoms with Gasteiger partial charge in [-0.3, -0.25) is 9.21 Å². The fourth-order valence-electron chi connectivity index (χ4n) is 2.58. The van der Waals surface area contributed by atoms with Crippen LogP contribution in [0.1, 0.15) is 15.9 Å². The van der Waals surface area contributed by atoms with Gasteiger partial charge in [-0.2, -0.15) is 0 Å². The second-order valence-electron chi connectivity index (χ2n) is 5.78. The number of sulfonamides is 1. The van der Waals surface area contributed by atoms with Crippen LogP contribution in [-0.2, 0) is 25.9 Å². The summed E-state index contributed by atoms with van der Waals surface area (Å²) in [5.74, 6) is -0.547. The molecule has 0 saturated carbocycles. The number of nitrogens with zero attached hydrogens (tertiary/aromatic N) is 2. The molecular formula is C16H24N2O5S. The van der Waals surface area contributed by atoms with Gasteiger partial charge in [0.1, 0.15) is 0 Å². The Morgan fingerprint density at radius 2 is 2.00 bits per heavy atom. The first-order valence-corrected chi connectivity index (χ1v) is 9.63. The standard InChI is InChI=1S/C16H24N2O5S/c1-17(24(3,20)21)15-5-4-13(12-14(15)16(19)22-2)6-7-18-8-10-23-11-9-18/h4-5,12H,6-11H2,1-3H3. The van der Waals surface area contributed by atoms with Crippen LogP contribution in [-0.4, -0.2) is 72.5 Å². The van der Waals surface area contributed by atoms with Gasteiger partial charge < -0.3 is 9.47 Å². The van der Waals surface area contributed by atoms with Crippen LogP contribution in [0.2, 0.25) is 0 Å². The summed E-state index contributed by atoms with van der Waals surface area (Å²) in [5, 5.41) is 0. The Labute approximate surface area is 143 Å². The predicted molar refractivity (Wildman–Crippen MR) is 92.0 cm³/mol. The smallest absolute Gasteiger partial charge is 0.340 e. The molecule has 0 radical (unpaired) electrons. The highest BCUT2D eigenvalue weighted by Gasteiger charge is 2.21. The summed E-state index contributed by atoms with van der Waals surface area (Å²) >= 11 is 0. The van der Waals surface area contributed by atoms with E-state index in [0.29, 0.717) is 5.69 Å². The highest BCUT2D eigenvalue weighted by molar-refractivity contribution is 7.92. The molecule has 1 heterocycles. The van der Waals surface area contributed by atoms with E-state index in [1.807, 2.05) is 6.07 Å². The van der Waals surface area contributed by atoms with Crippen LogP contribution in [0.4, 0.5) is 5.69 Å². The van der Waals surface area contributed by atoms with E-state index in [2.05, 4.69) is 4.90 Å². The second-order valence-corrected chi connectivity index (χ2v) is 7.79. The molecular weight excluding hydrogens is 332 g/mol. The van der Waals surface area contributed by atoms with Gasteiger partial charge in [-0.25, -0.2) is 13.2 Å². The van der Waals surface area contributed by atoms with Crippen molar-refractivity contribution in [3.63, 3.8) is 0 Å².